The molecule has 0 heterocycles. The number of halogens is 1. The number of ether oxygens (including phenoxy) is 1. The molecule has 2 aromatic carbocycles. The highest BCUT2D eigenvalue weighted by Gasteiger charge is 2.04. The van der Waals surface area contributed by atoms with E-state index in [1.807, 2.05) is 36.4 Å². The Morgan fingerprint density at radius 3 is 2.38 bits per heavy atom. The van der Waals surface area contributed by atoms with Crippen LogP contribution in [-0.2, 0) is 0 Å². The van der Waals surface area contributed by atoms with Crippen LogP contribution in [0.1, 0.15) is 0 Å². The molecule has 0 aliphatic rings. The van der Waals surface area contributed by atoms with E-state index in [2.05, 4.69) is 15.9 Å². The van der Waals surface area contributed by atoms with E-state index >= 15 is 0 Å². The predicted molar refractivity (Wildman–Crippen MR) is 67.8 cm³/mol. The molecule has 2 aromatic rings. The van der Waals surface area contributed by atoms with Crippen LogP contribution in [0.25, 0.3) is 11.1 Å². The third kappa shape index (κ3) is 2.19. The van der Waals surface area contributed by atoms with E-state index in [1.54, 1.807) is 13.2 Å². The summed E-state index contributed by atoms with van der Waals surface area (Å²) in [6.07, 6.45) is 0. The zero-order valence-electron chi connectivity index (χ0n) is 8.77. The second-order valence-corrected chi connectivity index (χ2v) is 4.31. The number of benzene rings is 2. The first-order chi connectivity index (χ1) is 7.70. The minimum absolute atomic E-state index is 0.272. The van der Waals surface area contributed by atoms with Gasteiger partial charge in [0.15, 0.2) is 0 Å². The average molecular weight is 279 g/mol. The van der Waals surface area contributed by atoms with Crippen LogP contribution in [0.5, 0.6) is 11.5 Å². The van der Waals surface area contributed by atoms with Crippen LogP contribution >= 0.6 is 15.9 Å². The Labute approximate surface area is 103 Å². The molecule has 0 aliphatic heterocycles. The lowest BCUT2D eigenvalue weighted by molar-refractivity contribution is 0.415. The highest BCUT2D eigenvalue weighted by molar-refractivity contribution is 9.10. The second kappa shape index (κ2) is 4.58. The van der Waals surface area contributed by atoms with Crippen LogP contribution in [0.2, 0.25) is 0 Å². The van der Waals surface area contributed by atoms with Crippen LogP contribution in [0, 0.1) is 0 Å². The van der Waals surface area contributed by atoms with Gasteiger partial charge in [-0.15, -0.1) is 0 Å². The SMILES string of the molecule is COc1ccc(-c2cc(Br)ccc2O)cc1. The van der Waals surface area contributed by atoms with Crippen LogP contribution in [0.4, 0.5) is 0 Å². The van der Waals surface area contributed by atoms with Crippen molar-refractivity contribution in [1.82, 2.24) is 0 Å². The van der Waals surface area contributed by atoms with E-state index in [1.165, 1.54) is 0 Å². The van der Waals surface area contributed by atoms with Gasteiger partial charge in [0.2, 0.25) is 0 Å². The molecule has 0 saturated heterocycles. The van der Waals surface area contributed by atoms with Gasteiger partial charge in [-0.3, -0.25) is 0 Å². The predicted octanol–water partition coefficient (Wildman–Crippen LogP) is 3.83. The number of phenolic OH excluding ortho intramolecular Hbond substituents is 1. The van der Waals surface area contributed by atoms with Gasteiger partial charge in [-0.1, -0.05) is 28.1 Å². The zero-order valence-corrected chi connectivity index (χ0v) is 10.4. The van der Waals surface area contributed by atoms with Crippen molar-refractivity contribution in [2.75, 3.05) is 7.11 Å². The quantitative estimate of drug-likeness (QED) is 0.905. The molecule has 2 nitrogen and oxygen atoms in total. The fourth-order valence-corrected chi connectivity index (χ4v) is 1.87. The molecule has 0 aromatic heterocycles. The Kier molecular flexibility index (Phi) is 3.15. The smallest absolute Gasteiger partial charge is 0.123 e. The summed E-state index contributed by atoms with van der Waals surface area (Å²) in [6.45, 7) is 0. The van der Waals surface area contributed by atoms with Gasteiger partial charge in [0, 0.05) is 10.0 Å². The van der Waals surface area contributed by atoms with Crippen LogP contribution < -0.4 is 4.74 Å². The van der Waals surface area contributed by atoms with E-state index in [0.29, 0.717) is 0 Å². The maximum atomic E-state index is 9.76. The van der Waals surface area contributed by atoms with Gasteiger partial charge in [0.05, 0.1) is 7.11 Å². The summed E-state index contributed by atoms with van der Waals surface area (Å²) in [5.41, 5.74) is 1.76. The van der Waals surface area contributed by atoms with E-state index < -0.39 is 0 Å². The third-order valence-corrected chi connectivity index (χ3v) is 2.85. The number of methoxy groups -OCH3 is 1. The lowest BCUT2D eigenvalue weighted by atomic mass is 10.0. The topological polar surface area (TPSA) is 29.5 Å². The molecule has 2 rings (SSSR count). The molecule has 0 atom stereocenters. The summed E-state index contributed by atoms with van der Waals surface area (Å²) < 4.78 is 6.03. The number of rotatable bonds is 2. The van der Waals surface area contributed by atoms with E-state index in [4.69, 9.17) is 4.74 Å². The molecule has 0 saturated carbocycles. The average Bonchev–Trinajstić information content (AvgIpc) is 2.32. The standard InChI is InChI=1S/C13H11BrO2/c1-16-11-5-2-9(3-6-11)12-8-10(14)4-7-13(12)15/h2-8,15H,1H3. The highest BCUT2D eigenvalue weighted by Crippen LogP contribution is 2.32. The van der Waals surface area contributed by atoms with Crippen molar-refractivity contribution in [3.05, 3.63) is 46.9 Å². The Morgan fingerprint density at radius 1 is 1.06 bits per heavy atom. The molecular formula is C13H11BrO2. The summed E-state index contributed by atoms with van der Waals surface area (Å²) in [5, 5.41) is 9.76. The molecule has 0 bridgehead atoms. The Balaban J connectivity index is 2.45. The van der Waals surface area contributed by atoms with Crippen molar-refractivity contribution in [3.63, 3.8) is 0 Å². The van der Waals surface area contributed by atoms with Crippen molar-refractivity contribution in [3.8, 4) is 22.6 Å². The molecule has 0 amide bonds. The van der Waals surface area contributed by atoms with Gasteiger partial charge in [-0.05, 0) is 35.9 Å². The number of aromatic hydroxyl groups is 1. The Bertz CT molecular complexity index is 492. The van der Waals surface area contributed by atoms with Crippen molar-refractivity contribution in [1.29, 1.82) is 0 Å². The van der Waals surface area contributed by atoms with Crippen LogP contribution in [-0.4, -0.2) is 12.2 Å². The van der Waals surface area contributed by atoms with Gasteiger partial charge in [0.1, 0.15) is 11.5 Å². The lowest BCUT2D eigenvalue weighted by Gasteiger charge is -2.06. The summed E-state index contributed by atoms with van der Waals surface area (Å²) in [5.74, 6) is 1.08. The summed E-state index contributed by atoms with van der Waals surface area (Å²) >= 11 is 3.39. The zero-order chi connectivity index (χ0) is 11.5. The maximum Gasteiger partial charge on any atom is 0.123 e. The molecule has 0 spiro atoms. The fourth-order valence-electron chi connectivity index (χ4n) is 1.51. The van der Waals surface area contributed by atoms with Crippen molar-refractivity contribution in [2.24, 2.45) is 0 Å². The second-order valence-electron chi connectivity index (χ2n) is 3.39. The van der Waals surface area contributed by atoms with Gasteiger partial charge in [-0.2, -0.15) is 0 Å². The molecule has 0 radical (unpaired) electrons. The molecule has 0 aliphatic carbocycles. The van der Waals surface area contributed by atoms with Crippen LogP contribution in [0.3, 0.4) is 0 Å². The number of hydrogen-bond acceptors (Lipinski definition) is 2. The highest BCUT2D eigenvalue weighted by atomic mass is 79.9. The maximum absolute atomic E-state index is 9.76. The van der Waals surface area contributed by atoms with Gasteiger partial charge in [0.25, 0.3) is 0 Å². The summed E-state index contributed by atoms with van der Waals surface area (Å²) in [4.78, 5) is 0. The molecule has 1 N–H and O–H groups in total. The molecule has 3 heteroatoms. The summed E-state index contributed by atoms with van der Waals surface area (Å²) in [7, 11) is 1.63. The minimum Gasteiger partial charge on any atom is -0.507 e. The van der Waals surface area contributed by atoms with Gasteiger partial charge >= 0.3 is 0 Å². The monoisotopic (exact) mass is 278 g/mol. The first-order valence-electron chi connectivity index (χ1n) is 4.83. The molecule has 82 valence electrons. The summed E-state index contributed by atoms with van der Waals surface area (Å²) in [6, 6.07) is 12.9. The van der Waals surface area contributed by atoms with Crippen molar-refractivity contribution in [2.45, 2.75) is 0 Å². The first kappa shape index (κ1) is 11.0. The number of hydrogen-bond donors (Lipinski definition) is 1. The normalized spacial score (nSPS) is 10.1. The lowest BCUT2D eigenvalue weighted by Crippen LogP contribution is -1.83. The third-order valence-electron chi connectivity index (χ3n) is 2.36. The van der Waals surface area contributed by atoms with Gasteiger partial charge in [-0.25, -0.2) is 0 Å². The fraction of sp³-hybridized carbons (Fsp3) is 0.0769. The first-order valence-corrected chi connectivity index (χ1v) is 5.63. The van der Waals surface area contributed by atoms with Crippen LogP contribution in [0.15, 0.2) is 46.9 Å². The van der Waals surface area contributed by atoms with Crippen molar-refractivity contribution >= 4 is 15.9 Å². The minimum atomic E-state index is 0.272. The number of phenols is 1. The molecule has 0 fully saturated rings. The van der Waals surface area contributed by atoms with E-state index in [-0.39, 0.29) is 5.75 Å². The Hall–Kier alpha value is -1.48. The van der Waals surface area contributed by atoms with E-state index in [9.17, 15) is 5.11 Å². The molecular weight excluding hydrogens is 268 g/mol. The molecule has 0 unspecified atom stereocenters. The largest absolute Gasteiger partial charge is 0.507 e. The van der Waals surface area contributed by atoms with Gasteiger partial charge < -0.3 is 9.84 Å². The van der Waals surface area contributed by atoms with Crippen molar-refractivity contribution < 1.29 is 9.84 Å². The molecule has 16 heavy (non-hydrogen) atoms. The van der Waals surface area contributed by atoms with E-state index in [0.717, 1.165) is 21.3 Å². The Morgan fingerprint density at radius 2 is 1.75 bits per heavy atom.